The van der Waals surface area contributed by atoms with Gasteiger partial charge in [-0.3, -0.25) is 4.79 Å². The van der Waals surface area contributed by atoms with E-state index in [1.165, 1.54) is 19.3 Å². The van der Waals surface area contributed by atoms with Gasteiger partial charge in [0.05, 0.1) is 6.10 Å². The lowest BCUT2D eigenvalue weighted by molar-refractivity contribution is -0.126. The van der Waals surface area contributed by atoms with Crippen molar-refractivity contribution in [2.45, 2.75) is 63.6 Å². The van der Waals surface area contributed by atoms with E-state index in [0.717, 1.165) is 17.9 Å². The number of benzene rings is 1. The SMILES string of the molecule is C[C@H](C[C@H](O)[C@@H](N)Cc1ccccc1)C(=O)NC1C[C@@H]2CC[C@H]1C2. The minimum absolute atomic E-state index is 0.0681. The zero-order valence-electron chi connectivity index (χ0n) is 14.5. The average molecular weight is 330 g/mol. The number of nitrogens with one attached hydrogen (secondary N) is 1. The number of carbonyl (C=O) groups excluding carboxylic acids is 1. The molecule has 0 radical (unpaired) electrons. The van der Waals surface area contributed by atoms with Crippen LogP contribution in [0.5, 0.6) is 0 Å². The monoisotopic (exact) mass is 330 g/mol. The smallest absolute Gasteiger partial charge is 0.223 e. The minimum atomic E-state index is -0.661. The van der Waals surface area contributed by atoms with E-state index in [9.17, 15) is 9.90 Å². The van der Waals surface area contributed by atoms with Crippen LogP contribution in [-0.4, -0.2) is 29.2 Å². The van der Waals surface area contributed by atoms with Crippen LogP contribution in [0.2, 0.25) is 0 Å². The van der Waals surface area contributed by atoms with E-state index in [1.807, 2.05) is 37.3 Å². The molecule has 4 nitrogen and oxygen atoms in total. The van der Waals surface area contributed by atoms with E-state index < -0.39 is 6.10 Å². The van der Waals surface area contributed by atoms with Crippen LogP contribution in [-0.2, 0) is 11.2 Å². The molecule has 2 fully saturated rings. The van der Waals surface area contributed by atoms with Gasteiger partial charge >= 0.3 is 0 Å². The van der Waals surface area contributed by atoms with Crippen LogP contribution in [0, 0.1) is 17.8 Å². The number of fused-ring (bicyclic) bond motifs is 2. The third-order valence-corrected chi connectivity index (χ3v) is 5.92. The van der Waals surface area contributed by atoms with Gasteiger partial charge in [0.15, 0.2) is 0 Å². The maximum absolute atomic E-state index is 12.4. The van der Waals surface area contributed by atoms with Crippen molar-refractivity contribution in [2.24, 2.45) is 23.5 Å². The molecule has 1 aromatic carbocycles. The fourth-order valence-electron chi connectivity index (χ4n) is 4.41. The molecule has 1 amide bonds. The number of aliphatic hydroxyl groups excluding tert-OH is 1. The Morgan fingerprint density at radius 2 is 2.04 bits per heavy atom. The topological polar surface area (TPSA) is 75.3 Å². The first-order valence-electron chi connectivity index (χ1n) is 9.31. The van der Waals surface area contributed by atoms with Gasteiger partial charge in [-0.2, -0.15) is 0 Å². The molecule has 0 aliphatic heterocycles. The second kappa shape index (κ2) is 7.66. The average Bonchev–Trinajstić information content (AvgIpc) is 3.18. The lowest BCUT2D eigenvalue weighted by Crippen LogP contribution is -2.44. The Labute approximate surface area is 144 Å². The molecule has 0 aromatic heterocycles. The Bertz CT molecular complexity index is 548. The Balaban J connectivity index is 1.44. The second-order valence-corrected chi connectivity index (χ2v) is 7.85. The fourth-order valence-corrected chi connectivity index (χ4v) is 4.41. The van der Waals surface area contributed by atoms with E-state index >= 15 is 0 Å². The van der Waals surface area contributed by atoms with Gasteiger partial charge in [-0.15, -0.1) is 0 Å². The third-order valence-electron chi connectivity index (χ3n) is 5.92. The maximum atomic E-state index is 12.4. The van der Waals surface area contributed by atoms with Crippen LogP contribution < -0.4 is 11.1 Å². The summed E-state index contributed by atoms with van der Waals surface area (Å²) in [4.78, 5) is 12.4. The number of aliphatic hydroxyl groups is 1. The van der Waals surface area contributed by atoms with E-state index in [4.69, 9.17) is 5.73 Å². The van der Waals surface area contributed by atoms with E-state index in [1.54, 1.807) is 0 Å². The fraction of sp³-hybridized carbons (Fsp3) is 0.650. The molecule has 1 unspecified atom stereocenters. The predicted molar refractivity (Wildman–Crippen MR) is 95.3 cm³/mol. The molecular weight excluding hydrogens is 300 g/mol. The van der Waals surface area contributed by atoms with Crippen LogP contribution in [0.3, 0.4) is 0 Å². The zero-order chi connectivity index (χ0) is 17.1. The normalized spacial score (nSPS) is 29.2. The van der Waals surface area contributed by atoms with Crippen LogP contribution in [0.15, 0.2) is 30.3 Å². The third kappa shape index (κ3) is 4.17. The van der Waals surface area contributed by atoms with Gasteiger partial charge in [0.1, 0.15) is 0 Å². The number of hydrogen-bond donors (Lipinski definition) is 3. The molecule has 6 atom stereocenters. The summed E-state index contributed by atoms with van der Waals surface area (Å²) in [6.07, 6.45) is 5.40. The zero-order valence-corrected chi connectivity index (χ0v) is 14.5. The summed E-state index contributed by atoms with van der Waals surface area (Å²) >= 11 is 0. The van der Waals surface area contributed by atoms with Crippen molar-refractivity contribution in [1.29, 1.82) is 0 Å². The number of carbonyl (C=O) groups is 1. The molecule has 1 aromatic rings. The Morgan fingerprint density at radius 1 is 1.29 bits per heavy atom. The lowest BCUT2D eigenvalue weighted by Gasteiger charge is -2.26. The number of hydrogen-bond acceptors (Lipinski definition) is 3. The van der Waals surface area contributed by atoms with Crippen molar-refractivity contribution in [1.82, 2.24) is 5.32 Å². The van der Waals surface area contributed by atoms with Crippen LogP contribution >= 0.6 is 0 Å². The quantitative estimate of drug-likeness (QED) is 0.718. The van der Waals surface area contributed by atoms with Crippen molar-refractivity contribution in [3.05, 3.63) is 35.9 Å². The largest absolute Gasteiger partial charge is 0.391 e. The van der Waals surface area contributed by atoms with E-state index in [-0.39, 0.29) is 17.9 Å². The predicted octanol–water partition coefficient (Wildman–Crippen LogP) is 2.25. The Hall–Kier alpha value is -1.39. The van der Waals surface area contributed by atoms with Gasteiger partial charge in [0, 0.05) is 18.0 Å². The van der Waals surface area contributed by atoms with Crippen molar-refractivity contribution >= 4 is 5.91 Å². The first-order valence-corrected chi connectivity index (χ1v) is 9.31. The molecule has 132 valence electrons. The highest BCUT2D eigenvalue weighted by molar-refractivity contribution is 5.78. The minimum Gasteiger partial charge on any atom is -0.391 e. The van der Waals surface area contributed by atoms with Crippen LogP contribution in [0.25, 0.3) is 0 Å². The molecule has 4 heteroatoms. The van der Waals surface area contributed by atoms with Gasteiger partial charge < -0.3 is 16.2 Å². The summed E-state index contributed by atoms with van der Waals surface area (Å²) in [5.74, 6) is 1.36. The van der Waals surface area contributed by atoms with Gasteiger partial charge in [0.2, 0.25) is 5.91 Å². The van der Waals surface area contributed by atoms with Gasteiger partial charge in [-0.25, -0.2) is 0 Å². The molecule has 0 saturated heterocycles. The first-order chi connectivity index (χ1) is 11.5. The molecule has 24 heavy (non-hydrogen) atoms. The van der Waals surface area contributed by atoms with Gasteiger partial charge in [-0.05, 0) is 49.5 Å². The number of rotatable bonds is 7. The molecule has 3 rings (SSSR count). The van der Waals surface area contributed by atoms with E-state index in [2.05, 4.69) is 5.32 Å². The molecular formula is C20H30N2O2. The Kier molecular flexibility index (Phi) is 5.57. The van der Waals surface area contributed by atoms with Gasteiger partial charge in [0.25, 0.3) is 0 Å². The molecule has 2 aliphatic rings. The second-order valence-electron chi connectivity index (χ2n) is 7.85. The lowest BCUT2D eigenvalue weighted by atomic mass is 9.92. The van der Waals surface area contributed by atoms with Crippen molar-refractivity contribution in [3.8, 4) is 0 Å². The molecule has 2 aliphatic carbocycles. The summed E-state index contributed by atoms with van der Waals surface area (Å²) in [6, 6.07) is 9.95. The first kappa shape index (κ1) is 17.4. The van der Waals surface area contributed by atoms with Crippen LogP contribution in [0.1, 0.15) is 44.6 Å². The maximum Gasteiger partial charge on any atom is 0.223 e. The standard InChI is InChI=1S/C20H30N2O2/c1-13(20(24)22-18-12-15-7-8-16(18)10-15)9-19(23)17(21)11-14-5-3-2-4-6-14/h2-6,13,15-19,23H,7-12,21H2,1H3,(H,22,24)/t13-,15-,16+,17+,18?,19+/m1/s1. The van der Waals surface area contributed by atoms with Crippen molar-refractivity contribution in [3.63, 3.8) is 0 Å². The van der Waals surface area contributed by atoms with E-state index in [0.29, 0.717) is 24.8 Å². The summed E-state index contributed by atoms with van der Waals surface area (Å²) in [7, 11) is 0. The summed E-state index contributed by atoms with van der Waals surface area (Å²) in [5.41, 5.74) is 7.24. The summed E-state index contributed by atoms with van der Waals surface area (Å²) in [5, 5.41) is 13.6. The highest BCUT2D eigenvalue weighted by atomic mass is 16.3. The number of nitrogens with two attached hydrogens (primary N) is 1. The molecule has 0 heterocycles. The van der Waals surface area contributed by atoms with Crippen LogP contribution in [0.4, 0.5) is 0 Å². The number of amides is 1. The molecule has 0 spiro atoms. The van der Waals surface area contributed by atoms with Gasteiger partial charge in [-0.1, -0.05) is 43.7 Å². The molecule has 2 saturated carbocycles. The molecule has 2 bridgehead atoms. The van der Waals surface area contributed by atoms with Crippen molar-refractivity contribution < 1.29 is 9.90 Å². The molecule has 4 N–H and O–H groups in total. The highest BCUT2D eigenvalue weighted by Crippen LogP contribution is 2.44. The highest BCUT2D eigenvalue weighted by Gasteiger charge is 2.40. The Morgan fingerprint density at radius 3 is 2.67 bits per heavy atom. The summed E-state index contributed by atoms with van der Waals surface area (Å²) < 4.78 is 0. The summed E-state index contributed by atoms with van der Waals surface area (Å²) in [6.45, 7) is 1.89. The van der Waals surface area contributed by atoms with Crippen molar-refractivity contribution in [2.75, 3.05) is 0 Å².